The van der Waals surface area contributed by atoms with Gasteiger partial charge in [0.15, 0.2) is 5.96 Å². The summed E-state index contributed by atoms with van der Waals surface area (Å²) in [5.74, 6) is 3.02. The van der Waals surface area contributed by atoms with Gasteiger partial charge in [0.1, 0.15) is 0 Å². The highest BCUT2D eigenvalue weighted by Gasteiger charge is 2.27. The molecule has 0 radical (unpaired) electrons. The Balaban J connectivity index is 1.89. The van der Waals surface area contributed by atoms with E-state index in [0.29, 0.717) is 5.92 Å². The van der Waals surface area contributed by atoms with Crippen molar-refractivity contribution in [3.05, 3.63) is 0 Å². The van der Waals surface area contributed by atoms with E-state index in [1.807, 2.05) is 0 Å². The van der Waals surface area contributed by atoms with E-state index >= 15 is 0 Å². The number of aliphatic imine (C=N–C) groups is 1. The summed E-state index contributed by atoms with van der Waals surface area (Å²) in [4.78, 5) is 7.23. The van der Waals surface area contributed by atoms with Gasteiger partial charge in [-0.2, -0.15) is 0 Å². The quantitative estimate of drug-likeness (QED) is 0.605. The van der Waals surface area contributed by atoms with Gasteiger partial charge >= 0.3 is 0 Å². The van der Waals surface area contributed by atoms with Crippen LogP contribution in [-0.2, 0) is 0 Å². The third-order valence-corrected chi connectivity index (χ3v) is 4.82. The Bertz CT molecular complexity index is 343. The van der Waals surface area contributed by atoms with E-state index in [4.69, 9.17) is 4.99 Å². The molecular weight excluding hydrogens is 262 g/mol. The van der Waals surface area contributed by atoms with Gasteiger partial charge in [-0.25, -0.2) is 0 Å². The van der Waals surface area contributed by atoms with Gasteiger partial charge in [-0.1, -0.05) is 20.3 Å². The third kappa shape index (κ3) is 4.87. The zero-order valence-electron chi connectivity index (χ0n) is 14.0. The Morgan fingerprint density at radius 1 is 1.33 bits per heavy atom. The lowest BCUT2D eigenvalue weighted by Gasteiger charge is -2.23. The molecule has 1 aliphatic carbocycles. The predicted octanol–water partition coefficient (Wildman–Crippen LogP) is 2.48. The van der Waals surface area contributed by atoms with Crippen molar-refractivity contribution >= 4 is 5.96 Å². The van der Waals surface area contributed by atoms with Gasteiger partial charge in [0, 0.05) is 32.1 Å². The monoisotopic (exact) mass is 295 g/mol. The van der Waals surface area contributed by atoms with Gasteiger partial charge in [-0.3, -0.25) is 4.99 Å². The molecule has 0 spiro atoms. The molecule has 0 aromatic carbocycles. The summed E-state index contributed by atoms with van der Waals surface area (Å²) >= 11 is 0. The lowest BCUT2D eigenvalue weighted by molar-refractivity contribution is 0.136. The van der Waals surface area contributed by atoms with E-state index in [2.05, 4.69) is 31.0 Å². The zero-order chi connectivity index (χ0) is 15.2. The minimum atomic E-state index is -0.135. The molecule has 2 fully saturated rings. The number of rotatable bonds is 5. The molecule has 1 heterocycles. The van der Waals surface area contributed by atoms with Crippen LogP contribution in [0.4, 0.5) is 0 Å². The van der Waals surface area contributed by atoms with Crippen LogP contribution in [0.3, 0.4) is 0 Å². The van der Waals surface area contributed by atoms with Crippen molar-refractivity contribution in [2.45, 2.75) is 59.0 Å². The second-order valence-electron chi connectivity index (χ2n) is 7.18. The molecule has 21 heavy (non-hydrogen) atoms. The number of aliphatic hydroxyl groups excluding tert-OH is 1. The molecule has 4 heteroatoms. The highest BCUT2D eigenvalue weighted by atomic mass is 16.3. The van der Waals surface area contributed by atoms with Crippen LogP contribution in [-0.4, -0.2) is 48.2 Å². The van der Waals surface area contributed by atoms with Crippen LogP contribution < -0.4 is 5.32 Å². The summed E-state index contributed by atoms with van der Waals surface area (Å²) in [6.07, 6.45) is 5.70. The summed E-state index contributed by atoms with van der Waals surface area (Å²) in [6, 6.07) is 0. The number of aliphatic hydroxyl groups is 1. The number of guanidine groups is 1. The van der Waals surface area contributed by atoms with Crippen LogP contribution >= 0.6 is 0 Å². The maximum Gasteiger partial charge on any atom is 0.193 e. The van der Waals surface area contributed by atoms with Crippen LogP contribution in [0.2, 0.25) is 0 Å². The second kappa shape index (κ2) is 8.02. The number of likely N-dealkylation sites (tertiary alicyclic amines) is 1. The summed E-state index contributed by atoms with van der Waals surface area (Å²) in [6.45, 7) is 10.7. The molecular formula is C17H33N3O. The Labute approximate surface area is 130 Å². The molecule has 1 aliphatic heterocycles. The number of hydrogen-bond acceptors (Lipinski definition) is 2. The van der Waals surface area contributed by atoms with Crippen molar-refractivity contribution in [1.29, 1.82) is 0 Å². The van der Waals surface area contributed by atoms with Crippen molar-refractivity contribution in [3.8, 4) is 0 Å². The minimum absolute atomic E-state index is 0.135. The number of hydrogen-bond donors (Lipinski definition) is 2. The summed E-state index contributed by atoms with van der Waals surface area (Å²) < 4.78 is 0. The molecule has 0 aromatic heterocycles. The first kappa shape index (κ1) is 16.6. The van der Waals surface area contributed by atoms with Crippen LogP contribution in [0.1, 0.15) is 52.9 Å². The maximum atomic E-state index is 9.93. The molecule has 0 bridgehead atoms. The molecule has 3 unspecified atom stereocenters. The Hall–Kier alpha value is -0.770. The van der Waals surface area contributed by atoms with Crippen LogP contribution in [0.15, 0.2) is 4.99 Å². The van der Waals surface area contributed by atoms with Crippen molar-refractivity contribution < 1.29 is 5.11 Å². The normalized spacial score (nSPS) is 30.4. The summed E-state index contributed by atoms with van der Waals surface area (Å²) in [5.41, 5.74) is 0. The third-order valence-electron chi connectivity index (χ3n) is 4.82. The Morgan fingerprint density at radius 2 is 2.14 bits per heavy atom. The lowest BCUT2D eigenvalue weighted by Crippen LogP contribution is -2.40. The van der Waals surface area contributed by atoms with Crippen LogP contribution in [0.25, 0.3) is 0 Å². The van der Waals surface area contributed by atoms with Gasteiger partial charge in [-0.15, -0.1) is 0 Å². The van der Waals surface area contributed by atoms with Crippen molar-refractivity contribution in [2.24, 2.45) is 22.7 Å². The first-order valence-electron chi connectivity index (χ1n) is 8.81. The SMILES string of the molecule is CCNC(=NCC1CCCC1O)N1CCC(CC(C)C)C1. The van der Waals surface area contributed by atoms with Crippen LogP contribution in [0.5, 0.6) is 0 Å². The van der Waals surface area contributed by atoms with Crippen molar-refractivity contribution in [3.63, 3.8) is 0 Å². The molecule has 1 saturated carbocycles. The maximum absolute atomic E-state index is 9.93. The largest absolute Gasteiger partial charge is 0.393 e. The number of nitrogens with zero attached hydrogens (tertiary/aromatic N) is 2. The highest BCUT2D eigenvalue weighted by molar-refractivity contribution is 5.80. The molecule has 4 nitrogen and oxygen atoms in total. The molecule has 1 saturated heterocycles. The summed E-state index contributed by atoms with van der Waals surface area (Å²) in [5, 5.41) is 13.4. The first-order valence-corrected chi connectivity index (χ1v) is 8.81. The average Bonchev–Trinajstić information content (AvgIpc) is 3.03. The van der Waals surface area contributed by atoms with Crippen molar-refractivity contribution in [2.75, 3.05) is 26.2 Å². The number of nitrogens with one attached hydrogen (secondary N) is 1. The van der Waals surface area contributed by atoms with Gasteiger partial charge in [0.2, 0.25) is 0 Å². The van der Waals surface area contributed by atoms with E-state index < -0.39 is 0 Å². The van der Waals surface area contributed by atoms with Gasteiger partial charge < -0.3 is 15.3 Å². The molecule has 2 rings (SSSR count). The average molecular weight is 295 g/mol. The smallest absolute Gasteiger partial charge is 0.193 e. The standard InChI is InChI=1S/C17H33N3O/c1-4-18-17(19-11-15-6-5-7-16(15)21)20-9-8-14(12-20)10-13(2)3/h13-16,21H,4-12H2,1-3H3,(H,18,19). The lowest BCUT2D eigenvalue weighted by atomic mass is 9.97. The fourth-order valence-corrected chi connectivity index (χ4v) is 3.74. The molecule has 2 N–H and O–H groups in total. The van der Waals surface area contributed by atoms with E-state index in [-0.39, 0.29) is 6.10 Å². The highest BCUT2D eigenvalue weighted by Crippen LogP contribution is 2.26. The van der Waals surface area contributed by atoms with E-state index in [0.717, 1.165) is 63.2 Å². The van der Waals surface area contributed by atoms with E-state index in [9.17, 15) is 5.11 Å². The van der Waals surface area contributed by atoms with E-state index in [1.165, 1.54) is 12.8 Å². The van der Waals surface area contributed by atoms with Gasteiger partial charge in [0.25, 0.3) is 0 Å². The van der Waals surface area contributed by atoms with E-state index in [1.54, 1.807) is 0 Å². The molecule has 3 atom stereocenters. The predicted molar refractivity (Wildman–Crippen MR) is 88.5 cm³/mol. The van der Waals surface area contributed by atoms with Gasteiger partial charge in [0.05, 0.1) is 6.10 Å². The molecule has 0 aromatic rings. The first-order chi connectivity index (χ1) is 10.1. The zero-order valence-corrected chi connectivity index (χ0v) is 14.0. The Kier molecular flexibility index (Phi) is 6.34. The van der Waals surface area contributed by atoms with Gasteiger partial charge in [-0.05, 0) is 44.4 Å². The summed E-state index contributed by atoms with van der Waals surface area (Å²) in [7, 11) is 0. The fraction of sp³-hybridized carbons (Fsp3) is 0.941. The fourth-order valence-electron chi connectivity index (χ4n) is 3.74. The minimum Gasteiger partial charge on any atom is -0.393 e. The second-order valence-corrected chi connectivity index (χ2v) is 7.18. The topological polar surface area (TPSA) is 47.9 Å². The van der Waals surface area contributed by atoms with Crippen molar-refractivity contribution in [1.82, 2.24) is 10.2 Å². The Morgan fingerprint density at radius 3 is 2.76 bits per heavy atom. The molecule has 2 aliphatic rings. The molecule has 122 valence electrons. The molecule has 0 amide bonds. The van der Waals surface area contributed by atoms with Crippen LogP contribution in [0, 0.1) is 17.8 Å².